The average Bonchev–Trinajstić information content (AvgIpc) is 2.92. The first-order valence-corrected chi connectivity index (χ1v) is 7.43. The van der Waals surface area contributed by atoms with Gasteiger partial charge in [0, 0.05) is 5.69 Å². The molecule has 24 heavy (non-hydrogen) atoms. The third-order valence-electron chi connectivity index (χ3n) is 2.66. The minimum Gasteiger partial charge on any atom is -0.450 e. The van der Waals surface area contributed by atoms with Crippen LogP contribution in [0.4, 0.5) is 18.9 Å². The number of nitrogens with one attached hydrogen (secondary N) is 1. The quantitative estimate of drug-likeness (QED) is 0.731. The van der Waals surface area contributed by atoms with Crippen molar-refractivity contribution in [2.24, 2.45) is 0 Å². The first-order valence-electron chi connectivity index (χ1n) is 6.26. The minimum atomic E-state index is -4.66. The van der Waals surface area contributed by atoms with E-state index in [1.165, 1.54) is 18.2 Å². The molecule has 0 aliphatic rings. The summed E-state index contributed by atoms with van der Waals surface area (Å²) in [4.78, 5) is 23.2. The Bertz CT molecular complexity index is 776. The predicted octanol–water partition coefficient (Wildman–Crippen LogP) is 4.51. The number of carbonyl (C=O) groups excluding carboxylic acids is 2. The number of hydrogen-bond donors (Lipinski definition) is 1. The zero-order valence-electron chi connectivity index (χ0n) is 11.6. The average molecular weight is 427 g/mol. The molecule has 0 aliphatic heterocycles. The Morgan fingerprint density at radius 3 is 2.54 bits per heavy atom. The van der Waals surface area contributed by atoms with Crippen LogP contribution in [0.1, 0.15) is 16.1 Å². The van der Waals surface area contributed by atoms with Crippen LogP contribution in [-0.2, 0) is 15.7 Å². The fraction of sp³-hybridized carbons (Fsp3) is 0.143. The minimum absolute atomic E-state index is 0.125. The first kappa shape index (κ1) is 18.3. The zero-order chi connectivity index (χ0) is 17.9. The monoisotopic (exact) mass is 425 g/mol. The number of rotatable bonds is 4. The Labute approximate surface area is 146 Å². The van der Waals surface area contributed by atoms with E-state index in [4.69, 9.17) is 16.0 Å². The van der Waals surface area contributed by atoms with Gasteiger partial charge in [0.2, 0.25) is 5.76 Å². The van der Waals surface area contributed by atoms with Gasteiger partial charge in [-0.2, -0.15) is 13.2 Å². The molecule has 2 aromatic rings. The van der Waals surface area contributed by atoms with Gasteiger partial charge in [0.1, 0.15) is 0 Å². The molecule has 5 nitrogen and oxygen atoms in total. The van der Waals surface area contributed by atoms with Gasteiger partial charge in [-0.3, -0.25) is 4.79 Å². The Hall–Kier alpha value is -2.00. The fourth-order valence-corrected chi connectivity index (χ4v) is 2.17. The van der Waals surface area contributed by atoms with Crippen LogP contribution in [0, 0.1) is 0 Å². The molecule has 0 unspecified atom stereocenters. The smallest absolute Gasteiger partial charge is 0.417 e. The van der Waals surface area contributed by atoms with Gasteiger partial charge >= 0.3 is 12.1 Å². The number of hydrogen-bond acceptors (Lipinski definition) is 4. The van der Waals surface area contributed by atoms with E-state index in [9.17, 15) is 22.8 Å². The summed E-state index contributed by atoms with van der Waals surface area (Å²) in [6, 6.07) is 5.68. The van der Waals surface area contributed by atoms with Gasteiger partial charge in [-0.15, -0.1) is 0 Å². The molecule has 0 bridgehead atoms. The van der Waals surface area contributed by atoms with Gasteiger partial charge in [-0.05, 0) is 46.3 Å². The lowest BCUT2D eigenvalue weighted by Crippen LogP contribution is -2.21. The predicted molar refractivity (Wildman–Crippen MR) is 81.8 cm³/mol. The van der Waals surface area contributed by atoms with Crippen molar-refractivity contribution in [1.82, 2.24) is 0 Å². The highest BCUT2D eigenvalue weighted by molar-refractivity contribution is 9.10. The third-order valence-corrected chi connectivity index (χ3v) is 3.42. The second-order valence-electron chi connectivity index (χ2n) is 4.42. The van der Waals surface area contributed by atoms with Crippen LogP contribution in [0.15, 0.2) is 39.4 Å². The highest BCUT2D eigenvalue weighted by Crippen LogP contribution is 2.36. The Morgan fingerprint density at radius 1 is 1.25 bits per heavy atom. The summed E-state index contributed by atoms with van der Waals surface area (Å²) in [6.45, 7) is -0.693. The molecule has 0 spiro atoms. The number of alkyl halides is 3. The largest absolute Gasteiger partial charge is 0.450 e. The second kappa shape index (κ2) is 7.27. The summed E-state index contributed by atoms with van der Waals surface area (Å²) in [5.74, 6) is -1.83. The topological polar surface area (TPSA) is 68.5 Å². The SMILES string of the molecule is O=C(COC(=O)c1ccc(Br)o1)Nc1ccc(Cl)c(C(F)(F)F)c1. The Balaban J connectivity index is 1.96. The standard InChI is InChI=1S/C14H8BrClF3NO4/c15-11-4-3-10(24-11)13(22)23-6-12(21)20-7-1-2-9(16)8(5-7)14(17,18)19/h1-5H,6H2,(H,20,21). The van der Waals surface area contributed by atoms with Gasteiger partial charge in [0.25, 0.3) is 5.91 Å². The summed E-state index contributed by atoms with van der Waals surface area (Å²) in [6.07, 6.45) is -4.66. The van der Waals surface area contributed by atoms with Crippen LogP contribution in [0.3, 0.4) is 0 Å². The van der Waals surface area contributed by atoms with Crippen LogP contribution in [0.5, 0.6) is 0 Å². The first-order chi connectivity index (χ1) is 11.2. The Kier molecular flexibility index (Phi) is 5.55. The molecule has 1 amide bonds. The number of ether oxygens (including phenoxy) is 1. The van der Waals surface area contributed by atoms with Crippen LogP contribution in [-0.4, -0.2) is 18.5 Å². The lowest BCUT2D eigenvalue weighted by Gasteiger charge is -2.11. The van der Waals surface area contributed by atoms with Crippen molar-refractivity contribution in [2.75, 3.05) is 11.9 Å². The molecule has 0 atom stereocenters. The lowest BCUT2D eigenvalue weighted by atomic mass is 10.2. The van der Waals surface area contributed by atoms with Crippen molar-refractivity contribution in [3.63, 3.8) is 0 Å². The van der Waals surface area contributed by atoms with E-state index in [2.05, 4.69) is 26.0 Å². The van der Waals surface area contributed by atoms with Gasteiger partial charge in [-0.25, -0.2) is 4.79 Å². The van der Waals surface area contributed by atoms with Crippen molar-refractivity contribution in [1.29, 1.82) is 0 Å². The number of amides is 1. The number of esters is 1. The third kappa shape index (κ3) is 4.75. The van der Waals surface area contributed by atoms with E-state index in [-0.39, 0.29) is 11.4 Å². The van der Waals surface area contributed by atoms with Crippen LogP contribution >= 0.6 is 27.5 Å². The molecule has 0 saturated heterocycles. The van der Waals surface area contributed by atoms with Crippen LogP contribution < -0.4 is 5.32 Å². The van der Waals surface area contributed by atoms with Gasteiger partial charge < -0.3 is 14.5 Å². The second-order valence-corrected chi connectivity index (χ2v) is 5.61. The van der Waals surface area contributed by atoms with Gasteiger partial charge in [0.15, 0.2) is 11.3 Å². The molecule has 1 aromatic heterocycles. The van der Waals surface area contributed by atoms with E-state index >= 15 is 0 Å². The molecule has 10 heteroatoms. The van der Waals surface area contributed by atoms with E-state index in [0.29, 0.717) is 10.7 Å². The molecule has 2 rings (SSSR count). The Morgan fingerprint density at radius 2 is 1.96 bits per heavy atom. The molecular formula is C14H8BrClF3NO4. The molecule has 0 radical (unpaired) electrons. The van der Waals surface area contributed by atoms with Crippen LogP contribution in [0.2, 0.25) is 5.02 Å². The molecule has 0 saturated carbocycles. The fourth-order valence-electron chi connectivity index (χ4n) is 1.64. The lowest BCUT2D eigenvalue weighted by molar-refractivity contribution is -0.137. The summed E-state index contributed by atoms with van der Waals surface area (Å²) in [5.41, 5.74) is -1.21. The number of anilines is 1. The van der Waals surface area contributed by atoms with Crippen molar-refractivity contribution in [3.05, 3.63) is 51.3 Å². The summed E-state index contributed by atoms with van der Waals surface area (Å²) < 4.78 is 48.1. The zero-order valence-corrected chi connectivity index (χ0v) is 14.0. The summed E-state index contributed by atoms with van der Waals surface area (Å²) in [7, 11) is 0. The molecule has 1 N–H and O–H groups in total. The summed E-state index contributed by atoms with van der Waals surface area (Å²) >= 11 is 8.47. The maximum Gasteiger partial charge on any atom is 0.417 e. The van der Waals surface area contributed by atoms with Crippen molar-refractivity contribution in [3.8, 4) is 0 Å². The maximum absolute atomic E-state index is 12.7. The molecule has 128 valence electrons. The van der Waals surface area contributed by atoms with E-state index in [1.807, 2.05) is 0 Å². The molecule has 0 aliphatic carbocycles. The molecular weight excluding hydrogens is 419 g/mol. The number of furan rings is 1. The summed E-state index contributed by atoms with van der Waals surface area (Å²) in [5, 5.41) is 1.69. The van der Waals surface area contributed by atoms with Gasteiger partial charge in [-0.1, -0.05) is 11.6 Å². The number of carbonyl (C=O) groups is 2. The van der Waals surface area contributed by atoms with Crippen LogP contribution in [0.25, 0.3) is 0 Å². The van der Waals surface area contributed by atoms with Crippen molar-refractivity contribution < 1.29 is 31.9 Å². The van der Waals surface area contributed by atoms with Crippen molar-refractivity contribution in [2.45, 2.75) is 6.18 Å². The van der Waals surface area contributed by atoms with Crippen molar-refractivity contribution >= 4 is 45.1 Å². The highest BCUT2D eigenvalue weighted by Gasteiger charge is 2.33. The maximum atomic E-state index is 12.7. The molecule has 1 heterocycles. The molecule has 0 fully saturated rings. The van der Waals surface area contributed by atoms with E-state index in [1.54, 1.807) is 0 Å². The van der Waals surface area contributed by atoms with Gasteiger partial charge in [0.05, 0.1) is 10.6 Å². The normalized spacial score (nSPS) is 11.2. The number of halogens is 5. The van der Waals surface area contributed by atoms with E-state index < -0.39 is 35.2 Å². The highest BCUT2D eigenvalue weighted by atomic mass is 79.9. The number of benzene rings is 1. The molecule has 1 aromatic carbocycles. The van der Waals surface area contributed by atoms with E-state index in [0.717, 1.165) is 6.07 Å².